The molecule has 1 aliphatic heterocycles. The summed E-state index contributed by atoms with van der Waals surface area (Å²) in [4.78, 5) is 148. The Bertz CT molecular complexity index is 2290. The molecular formula is C46H69N11O14S. The van der Waals surface area contributed by atoms with Gasteiger partial charge >= 0.3 is 0 Å². The molecule has 0 radical (unpaired) electrons. The van der Waals surface area contributed by atoms with Gasteiger partial charge in [-0.1, -0.05) is 51.7 Å². The normalized spacial score (nSPS) is 23.8. The van der Waals surface area contributed by atoms with Gasteiger partial charge in [-0.15, -0.1) is 0 Å². The van der Waals surface area contributed by atoms with E-state index in [2.05, 4.69) is 37.2 Å². The number of nitrogens with one attached hydrogen (secondary N) is 7. The molecule has 0 spiro atoms. The molecule has 3 aliphatic rings. The highest BCUT2D eigenvalue weighted by atomic mass is 32.2. The minimum atomic E-state index is -4.28. The third-order valence-electron chi connectivity index (χ3n) is 12.9. The van der Waals surface area contributed by atoms with E-state index in [4.69, 9.17) is 17.2 Å². The molecule has 1 aromatic rings. The number of benzene rings is 1. The minimum Gasteiger partial charge on any atom is -0.508 e. The third kappa shape index (κ3) is 18.7. The van der Waals surface area contributed by atoms with Crippen molar-refractivity contribution in [3.63, 3.8) is 0 Å². The average molecular weight is 1030 g/mol. The fourth-order valence-corrected chi connectivity index (χ4v) is 9.77. The van der Waals surface area contributed by atoms with E-state index < -0.39 is 180 Å². The summed E-state index contributed by atoms with van der Waals surface area (Å²) in [6, 6.07) is -4.09. The molecule has 0 bridgehead atoms. The van der Waals surface area contributed by atoms with Crippen molar-refractivity contribution in [2.45, 2.75) is 146 Å². The highest BCUT2D eigenvalue weighted by Crippen LogP contribution is 2.29. The Hall–Kier alpha value is -6.86. The topological polar surface area (TPSA) is 408 Å². The number of phenols is 1. The molecule has 72 heavy (non-hydrogen) atoms. The predicted molar refractivity (Wildman–Crippen MR) is 256 cm³/mol. The molecule has 25 nitrogen and oxygen atoms in total. The molecule has 14 N–H and O–H groups in total. The lowest BCUT2D eigenvalue weighted by molar-refractivity contribution is -0.141. The van der Waals surface area contributed by atoms with E-state index in [1.165, 1.54) is 24.3 Å². The van der Waals surface area contributed by atoms with Crippen molar-refractivity contribution >= 4 is 74.8 Å². The molecule has 4 rings (SSSR count). The van der Waals surface area contributed by atoms with Crippen molar-refractivity contribution in [3.05, 3.63) is 29.8 Å². The number of aromatic hydroxyl groups is 1. The molecule has 0 aromatic heterocycles. The second kappa shape index (κ2) is 27.1. The molecule has 26 heteroatoms. The monoisotopic (exact) mass is 1030 g/mol. The van der Waals surface area contributed by atoms with Crippen LogP contribution in [0.15, 0.2) is 24.3 Å². The van der Waals surface area contributed by atoms with Gasteiger partial charge in [0.1, 0.15) is 42.0 Å². The smallest absolute Gasteiger partial charge is 0.245 e. The molecule has 398 valence electrons. The maximum atomic E-state index is 14.6. The quantitative estimate of drug-likeness (QED) is 0.0678. The van der Waals surface area contributed by atoms with Crippen molar-refractivity contribution in [2.24, 2.45) is 29.0 Å². The highest BCUT2D eigenvalue weighted by molar-refractivity contribution is 7.91. The lowest BCUT2D eigenvalue weighted by atomic mass is 9.83. The van der Waals surface area contributed by atoms with Gasteiger partial charge in [-0.2, -0.15) is 0 Å². The number of primary amides is 3. The van der Waals surface area contributed by atoms with Gasteiger partial charge in [0.05, 0.1) is 31.0 Å². The van der Waals surface area contributed by atoms with Gasteiger partial charge < -0.3 is 64.4 Å². The fourth-order valence-electron chi connectivity index (χ4n) is 8.47. The van der Waals surface area contributed by atoms with Gasteiger partial charge in [0, 0.05) is 25.3 Å². The van der Waals surface area contributed by atoms with E-state index in [-0.39, 0.29) is 18.1 Å². The molecule has 1 aromatic carbocycles. The van der Waals surface area contributed by atoms with Crippen LogP contribution < -0.4 is 54.4 Å². The van der Waals surface area contributed by atoms with Crippen molar-refractivity contribution in [2.75, 3.05) is 24.6 Å². The Balaban J connectivity index is 1.72. The molecule has 2 saturated carbocycles. The van der Waals surface area contributed by atoms with E-state index in [1.807, 2.05) is 0 Å². The van der Waals surface area contributed by atoms with Gasteiger partial charge in [-0.3, -0.25) is 52.7 Å². The minimum absolute atomic E-state index is 0.0871. The van der Waals surface area contributed by atoms with Crippen LogP contribution in [0.2, 0.25) is 0 Å². The Morgan fingerprint density at radius 3 is 1.97 bits per heavy atom. The van der Waals surface area contributed by atoms with Crippen LogP contribution in [0.1, 0.15) is 103 Å². The second-order valence-electron chi connectivity index (χ2n) is 18.7. The van der Waals surface area contributed by atoms with Crippen LogP contribution in [0.4, 0.5) is 0 Å². The highest BCUT2D eigenvalue weighted by Gasteiger charge is 2.41. The zero-order valence-corrected chi connectivity index (χ0v) is 41.4. The molecule has 0 unspecified atom stereocenters. The standard InChI is InChI=1S/C46H69N11O14S/c1-3-25(2)39-45(68)52-30(15-16-34(47)59)41(64)54-33(22-35(48)60)42(65)53-31(17-19-72(70,71)20-18-37(62)51-32(43(66)56-39)21-26-9-13-29(58)14-10-26)46(69)57(28-11-12-28)24-38(63)55-40(27-7-5-4-6-8-27)44(67)50-23-36(49)61/h9-10,13-14,25,27-28,30-33,39-40,58H,3-8,11-12,15-24H2,1-2H3,(H2,47,59)(H2,48,60)(H2,49,61)(H,50,67)(H,51,62)(H,52,68)(H,53,65)(H,54,64)(H,55,63)(H,56,66)/t25-,30-,31-,32-,33-,39-,40-/m0/s1. The van der Waals surface area contributed by atoms with Gasteiger partial charge in [0.25, 0.3) is 0 Å². The molecule has 7 atom stereocenters. The first-order valence-corrected chi connectivity index (χ1v) is 26.0. The lowest BCUT2D eigenvalue weighted by Crippen LogP contribution is -2.61. The maximum Gasteiger partial charge on any atom is 0.245 e. The van der Waals surface area contributed by atoms with E-state index in [0.29, 0.717) is 37.7 Å². The number of amides is 11. The van der Waals surface area contributed by atoms with Crippen LogP contribution in [0.25, 0.3) is 0 Å². The summed E-state index contributed by atoms with van der Waals surface area (Å²) in [6.45, 7) is 2.18. The fraction of sp³-hybridized carbons (Fsp3) is 0.630. The van der Waals surface area contributed by atoms with E-state index in [0.717, 1.165) is 24.2 Å². The lowest BCUT2D eigenvalue weighted by Gasteiger charge is -2.32. The van der Waals surface area contributed by atoms with Gasteiger partial charge in [0.2, 0.25) is 65.0 Å². The van der Waals surface area contributed by atoms with Crippen LogP contribution in [-0.4, -0.2) is 150 Å². The van der Waals surface area contributed by atoms with Crippen molar-refractivity contribution in [1.29, 1.82) is 0 Å². The van der Waals surface area contributed by atoms with Gasteiger partial charge in [0.15, 0.2) is 9.84 Å². The summed E-state index contributed by atoms with van der Waals surface area (Å²) in [6.07, 6.45) is 1.42. The van der Waals surface area contributed by atoms with Crippen LogP contribution in [0, 0.1) is 11.8 Å². The van der Waals surface area contributed by atoms with Crippen molar-refractivity contribution < 1.29 is 66.3 Å². The Labute approximate surface area is 417 Å². The molecule has 1 saturated heterocycles. The van der Waals surface area contributed by atoms with E-state index >= 15 is 0 Å². The SMILES string of the molecule is CC[C@H](C)[C@@H]1NC(=O)[C@H](Cc2ccc(O)cc2)NC(=O)CCS(=O)(=O)CC[C@@H](C(=O)N(CC(=O)N[C@H](C(=O)NCC(N)=O)C2CCCCC2)C2CC2)NC(=O)[C@H](CC(N)=O)NC(=O)[C@H](CCC(N)=O)NC1=O. The number of carbonyl (C=O) groups excluding carboxylic acids is 11. The summed E-state index contributed by atoms with van der Waals surface area (Å²) in [5, 5.41) is 27.3. The van der Waals surface area contributed by atoms with E-state index in [9.17, 15) is 66.3 Å². The molecule has 3 fully saturated rings. The summed E-state index contributed by atoms with van der Waals surface area (Å²) in [7, 11) is -4.28. The van der Waals surface area contributed by atoms with E-state index in [1.54, 1.807) is 13.8 Å². The summed E-state index contributed by atoms with van der Waals surface area (Å²) in [5.41, 5.74) is 16.6. The molecule has 11 amide bonds. The summed E-state index contributed by atoms with van der Waals surface area (Å²) in [5.74, 6) is -12.9. The Morgan fingerprint density at radius 2 is 1.38 bits per heavy atom. The number of carbonyl (C=O) groups is 11. The van der Waals surface area contributed by atoms with Crippen LogP contribution in [0.5, 0.6) is 5.75 Å². The first-order chi connectivity index (χ1) is 34.0. The number of hydrogen-bond acceptors (Lipinski definition) is 14. The largest absolute Gasteiger partial charge is 0.508 e. The van der Waals surface area contributed by atoms with Crippen molar-refractivity contribution in [3.8, 4) is 5.75 Å². The first-order valence-electron chi connectivity index (χ1n) is 24.2. The summed E-state index contributed by atoms with van der Waals surface area (Å²) < 4.78 is 27.3. The zero-order valence-electron chi connectivity index (χ0n) is 40.6. The number of rotatable bonds is 18. The number of sulfone groups is 1. The maximum absolute atomic E-state index is 14.6. The number of phenolic OH excluding ortho intramolecular Hbond substituents is 1. The number of nitrogens with zero attached hydrogens (tertiary/aromatic N) is 1. The zero-order chi connectivity index (χ0) is 53.3. The van der Waals surface area contributed by atoms with Crippen LogP contribution in [-0.2, 0) is 69.0 Å². The van der Waals surface area contributed by atoms with Crippen molar-refractivity contribution in [1.82, 2.24) is 42.1 Å². The Morgan fingerprint density at radius 1 is 0.750 bits per heavy atom. The second-order valence-corrected chi connectivity index (χ2v) is 21.0. The average Bonchev–Trinajstić information content (AvgIpc) is 4.18. The first kappa shape index (κ1) is 57.7. The third-order valence-corrected chi connectivity index (χ3v) is 14.6. The van der Waals surface area contributed by atoms with Gasteiger partial charge in [-0.25, -0.2) is 8.42 Å². The van der Waals surface area contributed by atoms with Gasteiger partial charge in [-0.05, 0) is 68.1 Å². The predicted octanol–water partition coefficient (Wildman–Crippen LogP) is -3.59. The number of nitrogens with two attached hydrogens (primary N) is 3. The molecule has 2 aliphatic carbocycles. The van der Waals surface area contributed by atoms with Crippen LogP contribution in [0.3, 0.4) is 0 Å². The Kier molecular flexibility index (Phi) is 21.7. The van der Waals surface area contributed by atoms with Crippen LogP contribution >= 0.6 is 0 Å². The summed E-state index contributed by atoms with van der Waals surface area (Å²) >= 11 is 0. The molecule has 1 heterocycles. The number of hydrogen-bond donors (Lipinski definition) is 11. The molecular weight excluding hydrogens is 963 g/mol.